The van der Waals surface area contributed by atoms with Crippen LogP contribution in [-0.2, 0) is 9.59 Å². The Bertz CT molecular complexity index is 459. The molecule has 1 unspecified atom stereocenters. The first-order valence-corrected chi connectivity index (χ1v) is 6.74. The molecule has 110 valence electrons. The Hall–Kier alpha value is -2.04. The van der Waals surface area contributed by atoms with Gasteiger partial charge in [0.1, 0.15) is 11.8 Å². The molecule has 1 atom stereocenters. The SMILES string of the molecule is CCCC(NC(=O)CCOc1cccc(C)c1)C(=O)O. The largest absolute Gasteiger partial charge is 0.493 e. The van der Waals surface area contributed by atoms with Gasteiger partial charge in [0.25, 0.3) is 0 Å². The van der Waals surface area contributed by atoms with Crippen molar-refractivity contribution in [3.8, 4) is 5.75 Å². The molecule has 0 bridgehead atoms. The van der Waals surface area contributed by atoms with Gasteiger partial charge in [-0.25, -0.2) is 4.79 Å². The van der Waals surface area contributed by atoms with Crippen LogP contribution in [-0.4, -0.2) is 29.6 Å². The van der Waals surface area contributed by atoms with Gasteiger partial charge in [-0.2, -0.15) is 0 Å². The highest BCUT2D eigenvalue weighted by Crippen LogP contribution is 2.12. The van der Waals surface area contributed by atoms with Crippen molar-refractivity contribution in [1.82, 2.24) is 5.32 Å². The van der Waals surface area contributed by atoms with Gasteiger partial charge < -0.3 is 15.2 Å². The Balaban J connectivity index is 2.34. The van der Waals surface area contributed by atoms with Gasteiger partial charge >= 0.3 is 5.97 Å². The number of carbonyl (C=O) groups is 2. The van der Waals surface area contributed by atoms with Crippen LogP contribution in [0, 0.1) is 6.92 Å². The Morgan fingerprint density at radius 2 is 2.15 bits per heavy atom. The molecule has 0 aliphatic heterocycles. The molecule has 0 aromatic heterocycles. The Morgan fingerprint density at radius 3 is 2.75 bits per heavy atom. The molecule has 0 aliphatic carbocycles. The summed E-state index contributed by atoms with van der Waals surface area (Å²) in [4.78, 5) is 22.5. The third-order valence-corrected chi connectivity index (χ3v) is 2.80. The number of hydrogen-bond acceptors (Lipinski definition) is 3. The smallest absolute Gasteiger partial charge is 0.326 e. The van der Waals surface area contributed by atoms with E-state index in [1.165, 1.54) is 0 Å². The quantitative estimate of drug-likeness (QED) is 0.764. The van der Waals surface area contributed by atoms with E-state index in [4.69, 9.17) is 9.84 Å². The lowest BCUT2D eigenvalue weighted by molar-refractivity contribution is -0.142. The lowest BCUT2D eigenvalue weighted by atomic mass is 10.1. The zero-order valence-corrected chi connectivity index (χ0v) is 11.9. The number of rotatable bonds is 8. The zero-order chi connectivity index (χ0) is 15.0. The second-order valence-corrected chi connectivity index (χ2v) is 4.66. The number of hydrogen-bond donors (Lipinski definition) is 2. The Labute approximate surface area is 118 Å². The molecule has 20 heavy (non-hydrogen) atoms. The molecular formula is C15H21NO4. The fourth-order valence-corrected chi connectivity index (χ4v) is 1.78. The highest BCUT2D eigenvalue weighted by molar-refractivity contribution is 5.83. The molecule has 0 spiro atoms. The number of nitrogens with one attached hydrogen (secondary N) is 1. The number of carboxylic acids is 1. The van der Waals surface area contributed by atoms with E-state index in [0.717, 1.165) is 5.56 Å². The molecule has 5 heteroatoms. The highest BCUT2D eigenvalue weighted by atomic mass is 16.5. The first kappa shape index (κ1) is 16.0. The van der Waals surface area contributed by atoms with Crippen molar-refractivity contribution >= 4 is 11.9 Å². The van der Waals surface area contributed by atoms with Gasteiger partial charge in [0, 0.05) is 0 Å². The predicted molar refractivity (Wildman–Crippen MR) is 75.8 cm³/mol. The molecule has 0 saturated heterocycles. The molecule has 0 radical (unpaired) electrons. The molecule has 1 aromatic rings. The maximum Gasteiger partial charge on any atom is 0.326 e. The van der Waals surface area contributed by atoms with Crippen molar-refractivity contribution in [3.63, 3.8) is 0 Å². The van der Waals surface area contributed by atoms with Gasteiger partial charge in [-0.3, -0.25) is 4.79 Å². The summed E-state index contributed by atoms with van der Waals surface area (Å²) >= 11 is 0. The molecule has 1 rings (SSSR count). The van der Waals surface area contributed by atoms with Gasteiger partial charge in [-0.1, -0.05) is 25.5 Å². The molecule has 0 fully saturated rings. The van der Waals surface area contributed by atoms with E-state index in [0.29, 0.717) is 18.6 Å². The molecule has 0 aliphatic rings. The van der Waals surface area contributed by atoms with E-state index < -0.39 is 12.0 Å². The minimum Gasteiger partial charge on any atom is -0.493 e. The summed E-state index contributed by atoms with van der Waals surface area (Å²) in [6, 6.07) is 6.73. The minimum absolute atomic E-state index is 0.140. The average Bonchev–Trinajstić information content (AvgIpc) is 2.38. The van der Waals surface area contributed by atoms with Crippen molar-refractivity contribution in [1.29, 1.82) is 0 Å². The van der Waals surface area contributed by atoms with Crippen LogP contribution in [0.2, 0.25) is 0 Å². The third-order valence-electron chi connectivity index (χ3n) is 2.80. The fraction of sp³-hybridized carbons (Fsp3) is 0.467. The second kappa shape index (κ2) is 8.19. The standard InChI is InChI=1S/C15H21NO4/c1-3-5-13(15(18)19)16-14(17)8-9-20-12-7-4-6-11(2)10-12/h4,6-7,10,13H,3,5,8-9H2,1-2H3,(H,16,17)(H,18,19). The number of aryl methyl sites for hydroxylation is 1. The van der Waals surface area contributed by atoms with Crippen molar-refractivity contribution in [3.05, 3.63) is 29.8 Å². The van der Waals surface area contributed by atoms with Crippen molar-refractivity contribution < 1.29 is 19.4 Å². The van der Waals surface area contributed by atoms with Crippen molar-refractivity contribution in [2.75, 3.05) is 6.61 Å². The molecule has 0 heterocycles. The van der Waals surface area contributed by atoms with Gasteiger partial charge in [0.15, 0.2) is 0 Å². The van der Waals surface area contributed by atoms with Crippen LogP contribution in [0.25, 0.3) is 0 Å². The average molecular weight is 279 g/mol. The lowest BCUT2D eigenvalue weighted by Crippen LogP contribution is -2.41. The monoisotopic (exact) mass is 279 g/mol. The van der Waals surface area contributed by atoms with Crippen LogP contribution < -0.4 is 10.1 Å². The highest BCUT2D eigenvalue weighted by Gasteiger charge is 2.18. The van der Waals surface area contributed by atoms with E-state index >= 15 is 0 Å². The van der Waals surface area contributed by atoms with E-state index in [2.05, 4.69) is 5.32 Å². The summed E-state index contributed by atoms with van der Waals surface area (Å²) in [5.41, 5.74) is 1.08. The van der Waals surface area contributed by atoms with Gasteiger partial charge in [0.05, 0.1) is 13.0 Å². The van der Waals surface area contributed by atoms with E-state index in [1.54, 1.807) is 0 Å². The van der Waals surface area contributed by atoms with E-state index in [9.17, 15) is 9.59 Å². The molecular weight excluding hydrogens is 258 g/mol. The third kappa shape index (κ3) is 5.73. The first-order chi connectivity index (χ1) is 9.52. The predicted octanol–water partition coefficient (Wildman–Crippen LogP) is 2.13. The summed E-state index contributed by atoms with van der Waals surface area (Å²) in [6.07, 6.45) is 1.28. The summed E-state index contributed by atoms with van der Waals surface area (Å²) in [5.74, 6) is -0.598. The zero-order valence-electron chi connectivity index (χ0n) is 11.9. The van der Waals surface area contributed by atoms with Gasteiger partial charge in [-0.05, 0) is 31.0 Å². The Morgan fingerprint density at radius 1 is 1.40 bits per heavy atom. The minimum atomic E-state index is -1.00. The van der Waals surface area contributed by atoms with Gasteiger partial charge in [-0.15, -0.1) is 0 Å². The number of benzene rings is 1. The van der Waals surface area contributed by atoms with Crippen molar-refractivity contribution in [2.24, 2.45) is 0 Å². The van der Waals surface area contributed by atoms with Gasteiger partial charge in [0.2, 0.25) is 5.91 Å². The topological polar surface area (TPSA) is 75.6 Å². The first-order valence-electron chi connectivity index (χ1n) is 6.74. The second-order valence-electron chi connectivity index (χ2n) is 4.66. The molecule has 5 nitrogen and oxygen atoms in total. The van der Waals surface area contributed by atoms with Crippen LogP contribution >= 0.6 is 0 Å². The maximum atomic E-state index is 11.6. The Kier molecular flexibility index (Phi) is 6.56. The summed E-state index contributed by atoms with van der Waals surface area (Å²) in [5, 5.41) is 11.4. The number of amides is 1. The van der Waals surface area contributed by atoms with Crippen LogP contribution in [0.1, 0.15) is 31.7 Å². The summed E-state index contributed by atoms with van der Waals surface area (Å²) < 4.78 is 5.45. The molecule has 0 saturated carbocycles. The number of aliphatic carboxylic acids is 1. The van der Waals surface area contributed by atoms with Crippen molar-refractivity contribution in [2.45, 2.75) is 39.2 Å². The van der Waals surface area contributed by atoms with E-state index in [1.807, 2.05) is 38.1 Å². The normalized spacial score (nSPS) is 11.7. The molecule has 2 N–H and O–H groups in total. The lowest BCUT2D eigenvalue weighted by Gasteiger charge is -2.13. The van der Waals surface area contributed by atoms with E-state index in [-0.39, 0.29) is 18.9 Å². The van der Waals surface area contributed by atoms with Crippen LogP contribution in [0.15, 0.2) is 24.3 Å². The number of ether oxygens (including phenoxy) is 1. The molecule has 1 amide bonds. The van der Waals surface area contributed by atoms with Crippen LogP contribution in [0.3, 0.4) is 0 Å². The van der Waals surface area contributed by atoms with Crippen LogP contribution in [0.4, 0.5) is 0 Å². The number of carbonyl (C=O) groups excluding carboxylic acids is 1. The van der Waals surface area contributed by atoms with Crippen LogP contribution in [0.5, 0.6) is 5.75 Å². The summed E-state index contributed by atoms with van der Waals surface area (Å²) in [6.45, 7) is 4.07. The fourth-order valence-electron chi connectivity index (χ4n) is 1.78. The number of carboxylic acid groups (broad SMARTS) is 1. The molecule has 1 aromatic carbocycles. The summed E-state index contributed by atoms with van der Waals surface area (Å²) in [7, 11) is 0. The maximum absolute atomic E-state index is 11.6.